The molecule has 1 aliphatic carbocycles. The van der Waals surface area contributed by atoms with Crippen molar-refractivity contribution in [2.75, 3.05) is 26.2 Å². The summed E-state index contributed by atoms with van der Waals surface area (Å²) in [5, 5.41) is 3.06. The molecule has 0 aromatic carbocycles. The van der Waals surface area contributed by atoms with Crippen LogP contribution in [-0.2, 0) is 9.59 Å². The summed E-state index contributed by atoms with van der Waals surface area (Å²) >= 11 is 0. The lowest BCUT2D eigenvalue weighted by Gasteiger charge is -2.37. The fraction of sp³-hybridized carbons (Fsp3) is 0.875. The van der Waals surface area contributed by atoms with Crippen LogP contribution in [0.4, 0.5) is 0 Å². The first-order chi connectivity index (χ1) is 10.1. The summed E-state index contributed by atoms with van der Waals surface area (Å²) in [6.07, 6.45) is 6.19. The van der Waals surface area contributed by atoms with E-state index in [1.165, 1.54) is 0 Å². The molecule has 1 atom stereocenters. The molecule has 2 amide bonds. The number of hydrogen-bond donors (Lipinski definition) is 1. The molecule has 120 valence electrons. The SMILES string of the molecule is CCCCCC(=O)N1CCN(C(C)C(=O)NC2CC2)CC1. The summed E-state index contributed by atoms with van der Waals surface area (Å²) in [6, 6.07) is 0.337. The van der Waals surface area contributed by atoms with Crippen LogP contribution in [-0.4, -0.2) is 59.9 Å². The van der Waals surface area contributed by atoms with E-state index in [2.05, 4.69) is 17.1 Å². The molecular formula is C16H29N3O2. The molecule has 0 aromatic heterocycles. The van der Waals surface area contributed by atoms with Crippen molar-refractivity contribution >= 4 is 11.8 Å². The lowest BCUT2D eigenvalue weighted by Crippen LogP contribution is -2.55. The minimum Gasteiger partial charge on any atom is -0.352 e. The van der Waals surface area contributed by atoms with Crippen molar-refractivity contribution in [1.82, 2.24) is 15.1 Å². The lowest BCUT2D eigenvalue weighted by atomic mass is 10.1. The van der Waals surface area contributed by atoms with Crippen molar-refractivity contribution in [3.63, 3.8) is 0 Å². The van der Waals surface area contributed by atoms with E-state index in [-0.39, 0.29) is 17.9 Å². The molecule has 2 fully saturated rings. The van der Waals surface area contributed by atoms with E-state index in [1.54, 1.807) is 0 Å². The van der Waals surface area contributed by atoms with Gasteiger partial charge in [-0.2, -0.15) is 0 Å². The number of rotatable bonds is 7. The Morgan fingerprint density at radius 3 is 2.38 bits per heavy atom. The van der Waals surface area contributed by atoms with Crippen molar-refractivity contribution in [3.05, 3.63) is 0 Å². The summed E-state index contributed by atoms with van der Waals surface area (Å²) in [4.78, 5) is 28.3. The largest absolute Gasteiger partial charge is 0.352 e. The van der Waals surface area contributed by atoms with Crippen molar-refractivity contribution < 1.29 is 9.59 Å². The fourth-order valence-corrected chi connectivity index (χ4v) is 2.76. The molecule has 5 nitrogen and oxygen atoms in total. The van der Waals surface area contributed by atoms with Crippen LogP contribution in [0.5, 0.6) is 0 Å². The van der Waals surface area contributed by atoms with Gasteiger partial charge >= 0.3 is 0 Å². The van der Waals surface area contributed by atoms with Crippen LogP contribution in [0.2, 0.25) is 0 Å². The van der Waals surface area contributed by atoms with E-state index in [9.17, 15) is 9.59 Å². The second kappa shape index (κ2) is 7.78. The minimum absolute atomic E-state index is 0.0806. The van der Waals surface area contributed by atoms with Gasteiger partial charge in [-0.05, 0) is 26.2 Å². The zero-order chi connectivity index (χ0) is 15.2. The van der Waals surface area contributed by atoms with Gasteiger partial charge in [0.2, 0.25) is 11.8 Å². The Morgan fingerprint density at radius 1 is 1.14 bits per heavy atom. The highest BCUT2D eigenvalue weighted by Gasteiger charge is 2.30. The van der Waals surface area contributed by atoms with Crippen LogP contribution in [0.25, 0.3) is 0 Å². The monoisotopic (exact) mass is 295 g/mol. The van der Waals surface area contributed by atoms with Crippen LogP contribution in [0.1, 0.15) is 52.4 Å². The fourth-order valence-electron chi connectivity index (χ4n) is 2.76. The van der Waals surface area contributed by atoms with Crippen LogP contribution in [0, 0.1) is 0 Å². The number of carbonyl (C=O) groups excluding carboxylic acids is 2. The van der Waals surface area contributed by atoms with Crippen LogP contribution < -0.4 is 5.32 Å². The molecule has 21 heavy (non-hydrogen) atoms. The third-order valence-electron chi connectivity index (χ3n) is 4.51. The Bertz CT molecular complexity index is 361. The highest BCUT2D eigenvalue weighted by molar-refractivity contribution is 5.82. The molecular weight excluding hydrogens is 266 g/mol. The number of amides is 2. The average molecular weight is 295 g/mol. The van der Waals surface area contributed by atoms with Crippen molar-refractivity contribution in [2.24, 2.45) is 0 Å². The first kappa shape index (κ1) is 16.3. The van der Waals surface area contributed by atoms with E-state index >= 15 is 0 Å². The van der Waals surface area contributed by atoms with Gasteiger partial charge in [0.15, 0.2) is 0 Å². The van der Waals surface area contributed by atoms with Gasteiger partial charge in [0, 0.05) is 38.6 Å². The molecule has 0 radical (unpaired) electrons. The minimum atomic E-state index is -0.0806. The lowest BCUT2D eigenvalue weighted by molar-refractivity contribution is -0.134. The van der Waals surface area contributed by atoms with Gasteiger partial charge < -0.3 is 10.2 Å². The number of hydrogen-bond acceptors (Lipinski definition) is 3. The van der Waals surface area contributed by atoms with E-state index < -0.39 is 0 Å². The molecule has 0 spiro atoms. The van der Waals surface area contributed by atoms with E-state index in [1.807, 2.05) is 11.8 Å². The molecule has 0 bridgehead atoms. The van der Waals surface area contributed by atoms with Gasteiger partial charge in [0.05, 0.1) is 6.04 Å². The number of nitrogens with zero attached hydrogens (tertiary/aromatic N) is 2. The van der Waals surface area contributed by atoms with E-state index in [0.29, 0.717) is 12.5 Å². The van der Waals surface area contributed by atoms with E-state index in [4.69, 9.17) is 0 Å². The molecule has 2 aliphatic rings. The number of piperazine rings is 1. The molecule has 1 saturated heterocycles. The maximum atomic E-state index is 12.1. The average Bonchev–Trinajstić information content (AvgIpc) is 3.30. The van der Waals surface area contributed by atoms with Gasteiger partial charge in [-0.25, -0.2) is 0 Å². The molecule has 1 saturated carbocycles. The van der Waals surface area contributed by atoms with E-state index in [0.717, 1.165) is 58.3 Å². The Kier molecular flexibility index (Phi) is 6.03. The molecule has 1 N–H and O–H groups in total. The zero-order valence-corrected chi connectivity index (χ0v) is 13.4. The van der Waals surface area contributed by atoms with Gasteiger partial charge in [-0.3, -0.25) is 14.5 Å². The molecule has 2 rings (SSSR count). The predicted molar refractivity (Wildman–Crippen MR) is 82.9 cm³/mol. The summed E-state index contributed by atoms with van der Waals surface area (Å²) in [5.74, 6) is 0.415. The topological polar surface area (TPSA) is 52.7 Å². The van der Waals surface area contributed by atoms with Crippen LogP contribution in [0.15, 0.2) is 0 Å². The van der Waals surface area contributed by atoms with Crippen molar-refractivity contribution in [2.45, 2.75) is 64.5 Å². The zero-order valence-electron chi connectivity index (χ0n) is 13.4. The third kappa shape index (κ3) is 4.99. The van der Waals surface area contributed by atoms with Gasteiger partial charge in [-0.15, -0.1) is 0 Å². The number of unbranched alkanes of at least 4 members (excludes halogenated alkanes) is 2. The number of carbonyl (C=O) groups is 2. The summed E-state index contributed by atoms with van der Waals surface area (Å²) in [7, 11) is 0. The molecule has 0 aromatic rings. The van der Waals surface area contributed by atoms with Gasteiger partial charge in [0.25, 0.3) is 0 Å². The van der Waals surface area contributed by atoms with Crippen molar-refractivity contribution in [3.8, 4) is 0 Å². The Hall–Kier alpha value is -1.10. The summed E-state index contributed by atoms with van der Waals surface area (Å²) < 4.78 is 0. The van der Waals surface area contributed by atoms with Crippen molar-refractivity contribution in [1.29, 1.82) is 0 Å². The maximum absolute atomic E-state index is 12.1. The highest BCUT2D eigenvalue weighted by Crippen LogP contribution is 2.19. The van der Waals surface area contributed by atoms with Gasteiger partial charge in [-0.1, -0.05) is 19.8 Å². The second-order valence-corrected chi connectivity index (χ2v) is 6.33. The van der Waals surface area contributed by atoms with Crippen LogP contribution >= 0.6 is 0 Å². The first-order valence-electron chi connectivity index (χ1n) is 8.44. The predicted octanol–water partition coefficient (Wildman–Crippen LogP) is 1.38. The first-order valence-corrected chi connectivity index (χ1v) is 8.44. The van der Waals surface area contributed by atoms with Crippen LogP contribution in [0.3, 0.4) is 0 Å². The highest BCUT2D eigenvalue weighted by atomic mass is 16.2. The summed E-state index contributed by atoms with van der Waals surface area (Å²) in [6.45, 7) is 7.24. The standard InChI is InChI=1S/C16H29N3O2/c1-3-4-5-6-15(20)19-11-9-18(10-12-19)13(2)16(21)17-14-7-8-14/h13-14H,3-12H2,1-2H3,(H,17,21). The number of nitrogens with one attached hydrogen (secondary N) is 1. The smallest absolute Gasteiger partial charge is 0.237 e. The quantitative estimate of drug-likeness (QED) is 0.722. The third-order valence-corrected chi connectivity index (χ3v) is 4.51. The molecule has 1 heterocycles. The Balaban J connectivity index is 1.69. The maximum Gasteiger partial charge on any atom is 0.237 e. The molecule has 1 aliphatic heterocycles. The van der Waals surface area contributed by atoms with Gasteiger partial charge in [0.1, 0.15) is 0 Å². The molecule has 1 unspecified atom stereocenters. The second-order valence-electron chi connectivity index (χ2n) is 6.33. The summed E-state index contributed by atoms with van der Waals surface area (Å²) in [5.41, 5.74) is 0. The Morgan fingerprint density at radius 2 is 1.81 bits per heavy atom. The Labute approximate surface area is 128 Å². The molecule has 5 heteroatoms. The normalized spacial score (nSPS) is 21.1.